The van der Waals surface area contributed by atoms with Crippen LogP contribution in [0.2, 0.25) is 0 Å². The monoisotopic (exact) mass is 341 g/mol. The lowest BCUT2D eigenvalue weighted by atomic mass is 9.85. The number of benzene rings is 2. The topological polar surface area (TPSA) is 38.7 Å². The second-order valence-corrected chi connectivity index (χ2v) is 6.96. The summed E-state index contributed by atoms with van der Waals surface area (Å²) in [4.78, 5) is 17.0. The molecule has 4 heteroatoms. The fourth-order valence-electron chi connectivity index (χ4n) is 2.62. The van der Waals surface area contributed by atoms with E-state index >= 15 is 0 Å². The van der Waals surface area contributed by atoms with E-state index in [4.69, 9.17) is 9.73 Å². The zero-order chi connectivity index (χ0) is 18.4. The minimum atomic E-state index is -0.647. The maximum absolute atomic E-state index is 13.3. The highest BCUT2D eigenvalue weighted by molar-refractivity contribution is 6.05. The predicted octanol–water partition coefficient (Wildman–Crippen LogP) is 4.45. The van der Waals surface area contributed by atoms with Crippen LogP contribution in [0.15, 0.2) is 59.6 Å². The van der Waals surface area contributed by atoms with Crippen molar-refractivity contribution in [1.29, 1.82) is 0 Å². The Hall–Kier alpha value is -2.49. The predicted molar refractivity (Wildman–Crippen MR) is 98.3 cm³/mol. The van der Waals surface area contributed by atoms with Crippen LogP contribution >= 0.6 is 0 Å². The Morgan fingerprint density at radius 1 is 1.08 bits per heavy atom. The number of ether oxygens (including phenoxy) is 1. The third kappa shape index (κ3) is 5.24. The number of carbonyl (C=O) groups excluding carboxylic acids is 1. The van der Waals surface area contributed by atoms with Gasteiger partial charge in [0.25, 0.3) is 0 Å². The number of hydrogen-bond acceptors (Lipinski definition) is 3. The molecule has 0 saturated heterocycles. The summed E-state index contributed by atoms with van der Waals surface area (Å²) in [5, 5.41) is 0. The average Bonchev–Trinajstić information content (AvgIpc) is 2.58. The van der Waals surface area contributed by atoms with Crippen molar-refractivity contribution in [1.82, 2.24) is 0 Å². The van der Waals surface area contributed by atoms with Crippen LogP contribution in [0.5, 0.6) is 0 Å². The molecule has 0 radical (unpaired) electrons. The lowest BCUT2D eigenvalue weighted by Gasteiger charge is -2.24. The molecule has 2 aromatic carbocycles. The molecule has 0 aliphatic rings. The first-order chi connectivity index (χ1) is 11.8. The smallest absolute Gasteiger partial charge is 0.330 e. The van der Waals surface area contributed by atoms with Crippen molar-refractivity contribution < 1.29 is 13.9 Å². The van der Waals surface area contributed by atoms with Gasteiger partial charge in [0.1, 0.15) is 5.82 Å². The third-order valence-corrected chi connectivity index (χ3v) is 3.86. The van der Waals surface area contributed by atoms with E-state index < -0.39 is 6.04 Å². The van der Waals surface area contributed by atoms with Crippen molar-refractivity contribution in [3.05, 3.63) is 71.5 Å². The lowest BCUT2D eigenvalue weighted by molar-refractivity contribution is -0.142. The van der Waals surface area contributed by atoms with E-state index in [0.717, 1.165) is 16.8 Å². The summed E-state index contributed by atoms with van der Waals surface area (Å²) in [6, 6.07) is 15.2. The molecule has 0 aliphatic carbocycles. The molecule has 1 atom stereocenters. The summed E-state index contributed by atoms with van der Waals surface area (Å²) < 4.78 is 18.2. The molecule has 0 amide bonds. The van der Waals surface area contributed by atoms with E-state index in [0.29, 0.717) is 6.42 Å². The molecule has 0 saturated carbocycles. The largest absolute Gasteiger partial charge is 0.467 e. The molecule has 0 fully saturated rings. The Morgan fingerprint density at radius 2 is 1.68 bits per heavy atom. The van der Waals surface area contributed by atoms with Crippen LogP contribution in [-0.4, -0.2) is 24.8 Å². The second kappa shape index (κ2) is 8.06. The van der Waals surface area contributed by atoms with Gasteiger partial charge in [-0.05, 0) is 23.3 Å². The summed E-state index contributed by atoms with van der Waals surface area (Å²) in [6.45, 7) is 6.06. The highest BCUT2D eigenvalue weighted by Gasteiger charge is 2.26. The quantitative estimate of drug-likeness (QED) is 0.595. The molecular formula is C21H24FNO2. The van der Waals surface area contributed by atoms with Gasteiger partial charge in [0.15, 0.2) is 6.04 Å². The van der Waals surface area contributed by atoms with Crippen LogP contribution in [0.1, 0.15) is 31.9 Å². The van der Waals surface area contributed by atoms with Gasteiger partial charge in [0.05, 0.1) is 7.11 Å². The van der Waals surface area contributed by atoms with Gasteiger partial charge < -0.3 is 4.74 Å². The van der Waals surface area contributed by atoms with E-state index in [9.17, 15) is 9.18 Å². The van der Waals surface area contributed by atoms with Gasteiger partial charge in [-0.25, -0.2) is 9.18 Å². The number of methoxy groups -OCH3 is 1. The fraction of sp³-hybridized carbons (Fsp3) is 0.333. The molecular weight excluding hydrogens is 317 g/mol. The standard InChI is InChI=1S/C21H24FNO2/c1-21(2,3)19(16-10-12-17(22)13-11-16)23-18(20(24)25-4)14-15-8-6-5-7-9-15/h5-13,18H,14H2,1-4H3. The molecule has 25 heavy (non-hydrogen) atoms. The first-order valence-electron chi connectivity index (χ1n) is 8.27. The molecule has 0 heterocycles. The Morgan fingerprint density at radius 3 is 2.20 bits per heavy atom. The van der Waals surface area contributed by atoms with Crippen LogP contribution in [0.25, 0.3) is 0 Å². The van der Waals surface area contributed by atoms with Gasteiger partial charge in [0.2, 0.25) is 0 Å². The van der Waals surface area contributed by atoms with Crippen molar-refractivity contribution in [3.8, 4) is 0 Å². The molecule has 2 rings (SSSR count). The zero-order valence-corrected chi connectivity index (χ0v) is 15.1. The van der Waals surface area contributed by atoms with E-state index in [1.807, 2.05) is 51.1 Å². The fourth-order valence-corrected chi connectivity index (χ4v) is 2.62. The van der Waals surface area contributed by atoms with Crippen LogP contribution in [-0.2, 0) is 16.0 Å². The molecule has 132 valence electrons. The molecule has 3 nitrogen and oxygen atoms in total. The lowest BCUT2D eigenvalue weighted by Crippen LogP contribution is -2.29. The zero-order valence-electron chi connectivity index (χ0n) is 15.1. The maximum atomic E-state index is 13.3. The molecule has 2 aromatic rings. The third-order valence-electron chi connectivity index (χ3n) is 3.86. The molecule has 0 N–H and O–H groups in total. The number of esters is 1. The van der Waals surface area contributed by atoms with Crippen LogP contribution in [0.3, 0.4) is 0 Å². The van der Waals surface area contributed by atoms with Gasteiger partial charge >= 0.3 is 5.97 Å². The van der Waals surface area contributed by atoms with Crippen LogP contribution < -0.4 is 0 Å². The summed E-state index contributed by atoms with van der Waals surface area (Å²) >= 11 is 0. The van der Waals surface area contributed by atoms with Gasteiger partial charge in [-0.15, -0.1) is 0 Å². The van der Waals surface area contributed by atoms with Crippen molar-refractivity contribution in [3.63, 3.8) is 0 Å². The van der Waals surface area contributed by atoms with Crippen molar-refractivity contribution >= 4 is 11.7 Å². The molecule has 0 aromatic heterocycles. The Balaban J connectivity index is 2.44. The Bertz CT molecular complexity index is 731. The Kier molecular flexibility index (Phi) is 6.07. The SMILES string of the molecule is COC(=O)C(Cc1ccccc1)N=C(c1ccc(F)cc1)C(C)(C)C. The average molecular weight is 341 g/mol. The molecule has 1 unspecified atom stereocenters. The van der Waals surface area contributed by atoms with Crippen LogP contribution in [0.4, 0.5) is 4.39 Å². The first-order valence-corrected chi connectivity index (χ1v) is 8.27. The van der Waals surface area contributed by atoms with E-state index in [1.165, 1.54) is 19.2 Å². The highest BCUT2D eigenvalue weighted by atomic mass is 19.1. The van der Waals surface area contributed by atoms with Gasteiger partial charge in [-0.1, -0.05) is 63.2 Å². The van der Waals surface area contributed by atoms with E-state index in [-0.39, 0.29) is 17.2 Å². The maximum Gasteiger partial charge on any atom is 0.330 e. The minimum absolute atomic E-state index is 0.300. The highest BCUT2D eigenvalue weighted by Crippen LogP contribution is 2.24. The number of nitrogens with zero attached hydrogens (tertiary/aromatic N) is 1. The number of carbonyl (C=O) groups is 1. The van der Waals surface area contributed by atoms with E-state index in [2.05, 4.69) is 0 Å². The molecule has 0 bridgehead atoms. The summed E-state index contributed by atoms with van der Waals surface area (Å²) in [7, 11) is 1.37. The number of rotatable bonds is 5. The first kappa shape index (κ1) is 18.8. The molecule has 0 aliphatic heterocycles. The summed E-state index contributed by atoms with van der Waals surface area (Å²) in [5.41, 5.74) is 2.25. The summed E-state index contributed by atoms with van der Waals surface area (Å²) in [5.74, 6) is -0.682. The van der Waals surface area contributed by atoms with Gasteiger partial charge in [0, 0.05) is 17.5 Å². The van der Waals surface area contributed by atoms with Crippen LogP contribution in [0, 0.1) is 11.2 Å². The number of aliphatic imine (C=N–C) groups is 1. The number of halogens is 1. The van der Waals surface area contributed by atoms with Crippen molar-refractivity contribution in [2.24, 2.45) is 10.4 Å². The van der Waals surface area contributed by atoms with E-state index in [1.54, 1.807) is 12.1 Å². The minimum Gasteiger partial charge on any atom is -0.467 e. The number of hydrogen-bond donors (Lipinski definition) is 0. The van der Waals surface area contributed by atoms with Crippen molar-refractivity contribution in [2.75, 3.05) is 7.11 Å². The second-order valence-electron chi connectivity index (χ2n) is 6.96. The normalized spacial score (nSPS) is 13.4. The van der Waals surface area contributed by atoms with Gasteiger partial charge in [-0.3, -0.25) is 4.99 Å². The molecule has 0 spiro atoms. The summed E-state index contributed by atoms with van der Waals surface area (Å²) in [6.07, 6.45) is 0.453. The van der Waals surface area contributed by atoms with Crippen molar-refractivity contribution in [2.45, 2.75) is 33.2 Å². The Labute approximate surface area is 148 Å². The van der Waals surface area contributed by atoms with Gasteiger partial charge in [-0.2, -0.15) is 0 Å².